The van der Waals surface area contributed by atoms with E-state index in [0.29, 0.717) is 17.8 Å². The monoisotopic (exact) mass is 295 g/mol. The van der Waals surface area contributed by atoms with Gasteiger partial charge in [0.15, 0.2) is 9.84 Å². The first-order valence-electron chi connectivity index (χ1n) is 6.30. The minimum Gasteiger partial charge on any atom is -0.382 e. The topological polar surface area (TPSA) is 85.1 Å². The molecule has 0 amide bonds. The smallest absolute Gasteiger partial charge is 0.175 e. The van der Waals surface area contributed by atoms with Crippen molar-refractivity contribution < 1.29 is 13.5 Å². The van der Waals surface area contributed by atoms with Crippen LogP contribution in [-0.2, 0) is 16.4 Å². The van der Waals surface area contributed by atoms with Crippen LogP contribution in [0.5, 0.6) is 0 Å². The van der Waals surface area contributed by atoms with E-state index in [1.54, 1.807) is 16.8 Å². The summed E-state index contributed by atoms with van der Waals surface area (Å²) < 4.78 is 24.4. The summed E-state index contributed by atoms with van der Waals surface area (Å²) in [6.45, 7) is 2.69. The molecule has 0 radical (unpaired) electrons. The summed E-state index contributed by atoms with van der Waals surface area (Å²) in [7, 11) is -3.23. The second-order valence-corrected chi connectivity index (χ2v) is 6.64. The van der Waals surface area contributed by atoms with Gasteiger partial charge in [-0.2, -0.15) is 0 Å². The molecule has 1 heterocycles. The standard InChI is InChI=1S/C13H17N3O3S/c1-3-8-16-12(9-14-15-16)13(17)10-4-6-11(7-5-10)20(2,18)19/h4-7,9,13,17H,3,8H2,1-2H3. The predicted molar refractivity (Wildman–Crippen MR) is 73.9 cm³/mol. The van der Waals surface area contributed by atoms with Crippen LogP contribution in [0.4, 0.5) is 0 Å². The van der Waals surface area contributed by atoms with E-state index in [1.807, 2.05) is 6.92 Å². The Morgan fingerprint density at radius 2 is 1.95 bits per heavy atom. The minimum atomic E-state index is -3.23. The van der Waals surface area contributed by atoms with Crippen LogP contribution in [0.1, 0.15) is 30.7 Å². The maximum Gasteiger partial charge on any atom is 0.175 e. The van der Waals surface area contributed by atoms with Gasteiger partial charge >= 0.3 is 0 Å². The van der Waals surface area contributed by atoms with E-state index in [9.17, 15) is 13.5 Å². The molecule has 1 unspecified atom stereocenters. The van der Waals surface area contributed by atoms with Crippen LogP contribution < -0.4 is 0 Å². The Kier molecular flexibility index (Phi) is 4.20. The predicted octanol–water partition coefficient (Wildman–Crippen LogP) is 1.17. The van der Waals surface area contributed by atoms with Crippen molar-refractivity contribution in [3.63, 3.8) is 0 Å². The molecule has 0 fully saturated rings. The van der Waals surface area contributed by atoms with E-state index in [2.05, 4.69) is 10.3 Å². The number of benzene rings is 1. The normalized spacial score (nSPS) is 13.3. The molecule has 6 nitrogen and oxygen atoms in total. The average molecular weight is 295 g/mol. The Bertz CT molecular complexity index is 677. The molecule has 0 spiro atoms. The highest BCUT2D eigenvalue weighted by atomic mass is 32.2. The van der Waals surface area contributed by atoms with E-state index in [-0.39, 0.29) is 4.90 Å². The van der Waals surface area contributed by atoms with Gasteiger partial charge in [0, 0.05) is 12.8 Å². The van der Waals surface area contributed by atoms with Gasteiger partial charge in [-0.1, -0.05) is 24.3 Å². The molecule has 0 saturated carbocycles. The van der Waals surface area contributed by atoms with E-state index >= 15 is 0 Å². The lowest BCUT2D eigenvalue weighted by Gasteiger charge is -2.12. The summed E-state index contributed by atoms with van der Waals surface area (Å²) in [5.41, 5.74) is 1.20. The summed E-state index contributed by atoms with van der Waals surface area (Å²) in [5, 5.41) is 18.1. The highest BCUT2D eigenvalue weighted by Gasteiger charge is 2.17. The molecule has 1 aromatic carbocycles. The van der Waals surface area contributed by atoms with Gasteiger partial charge in [0.25, 0.3) is 0 Å². The number of aliphatic hydroxyl groups is 1. The van der Waals surface area contributed by atoms with Crippen LogP contribution in [0.15, 0.2) is 35.4 Å². The largest absolute Gasteiger partial charge is 0.382 e. The highest BCUT2D eigenvalue weighted by Crippen LogP contribution is 2.22. The summed E-state index contributed by atoms with van der Waals surface area (Å²) in [4.78, 5) is 0.230. The molecule has 1 N–H and O–H groups in total. The summed E-state index contributed by atoms with van der Waals surface area (Å²) in [6.07, 6.45) is 2.68. The van der Waals surface area contributed by atoms with Gasteiger partial charge in [-0.15, -0.1) is 5.10 Å². The molecular weight excluding hydrogens is 278 g/mol. The van der Waals surface area contributed by atoms with E-state index in [0.717, 1.165) is 12.7 Å². The fourth-order valence-corrected chi connectivity index (χ4v) is 2.56. The first kappa shape index (κ1) is 14.7. The van der Waals surface area contributed by atoms with Gasteiger partial charge in [0.1, 0.15) is 6.10 Å². The Morgan fingerprint density at radius 3 is 2.50 bits per heavy atom. The Balaban J connectivity index is 2.29. The van der Waals surface area contributed by atoms with Crippen molar-refractivity contribution in [1.29, 1.82) is 0 Å². The van der Waals surface area contributed by atoms with Crippen molar-refractivity contribution in [2.45, 2.75) is 30.9 Å². The molecule has 0 aliphatic rings. The van der Waals surface area contributed by atoms with Crippen LogP contribution in [0, 0.1) is 0 Å². The molecule has 1 atom stereocenters. The van der Waals surface area contributed by atoms with Gasteiger partial charge in [-0.05, 0) is 24.1 Å². The molecule has 1 aromatic heterocycles. The van der Waals surface area contributed by atoms with Crippen molar-refractivity contribution >= 4 is 9.84 Å². The highest BCUT2D eigenvalue weighted by molar-refractivity contribution is 7.90. The van der Waals surface area contributed by atoms with Crippen molar-refractivity contribution in [2.75, 3.05) is 6.26 Å². The van der Waals surface area contributed by atoms with E-state index < -0.39 is 15.9 Å². The lowest BCUT2D eigenvalue weighted by molar-refractivity contribution is 0.207. The van der Waals surface area contributed by atoms with Crippen molar-refractivity contribution in [2.24, 2.45) is 0 Å². The Hall–Kier alpha value is -1.73. The first-order valence-corrected chi connectivity index (χ1v) is 8.19. The van der Waals surface area contributed by atoms with Crippen LogP contribution >= 0.6 is 0 Å². The molecule has 0 bridgehead atoms. The summed E-state index contributed by atoms with van der Waals surface area (Å²) >= 11 is 0. The number of sulfone groups is 1. The third kappa shape index (κ3) is 3.05. The van der Waals surface area contributed by atoms with Crippen molar-refractivity contribution in [3.8, 4) is 0 Å². The van der Waals surface area contributed by atoms with E-state index in [4.69, 9.17) is 0 Å². The second kappa shape index (κ2) is 5.72. The molecule has 0 aliphatic carbocycles. The number of nitrogens with zero attached hydrogens (tertiary/aromatic N) is 3. The second-order valence-electron chi connectivity index (χ2n) is 4.63. The quantitative estimate of drug-likeness (QED) is 0.895. The molecular formula is C13H17N3O3S. The number of hydrogen-bond donors (Lipinski definition) is 1. The average Bonchev–Trinajstić information content (AvgIpc) is 2.86. The van der Waals surface area contributed by atoms with Gasteiger partial charge in [0.2, 0.25) is 0 Å². The van der Waals surface area contributed by atoms with Crippen LogP contribution in [0.3, 0.4) is 0 Å². The van der Waals surface area contributed by atoms with Gasteiger partial charge < -0.3 is 5.11 Å². The third-order valence-corrected chi connectivity index (χ3v) is 4.12. The number of aromatic nitrogens is 3. The Labute approximate surface area is 118 Å². The van der Waals surface area contributed by atoms with Gasteiger partial charge in [-0.3, -0.25) is 0 Å². The number of aliphatic hydroxyl groups excluding tert-OH is 1. The maximum absolute atomic E-state index is 11.4. The lowest BCUT2D eigenvalue weighted by Crippen LogP contribution is -2.10. The molecule has 7 heteroatoms. The maximum atomic E-state index is 11.4. The third-order valence-electron chi connectivity index (χ3n) is 2.99. The first-order chi connectivity index (χ1) is 9.43. The van der Waals surface area contributed by atoms with Gasteiger partial charge in [-0.25, -0.2) is 13.1 Å². The molecule has 0 saturated heterocycles. The van der Waals surface area contributed by atoms with Gasteiger partial charge in [0.05, 0.1) is 16.8 Å². The number of aryl methyl sites for hydroxylation is 1. The zero-order valence-electron chi connectivity index (χ0n) is 11.4. The molecule has 2 aromatic rings. The van der Waals surface area contributed by atoms with Crippen molar-refractivity contribution in [1.82, 2.24) is 15.0 Å². The zero-order valence-corrected chi connectivity index (χ0v) is 12.2. The molecule has 108 valence electrons. The minimum absolute atomic E-state index is 0.230. The van der Waals surface area contributed by atoms with Crippen molar-refractivity contribution in [3.05, 3.63) is 41.7 Å². The Morgan fingerprint density at radius 1 is 1.30 bits per heavy atom. The fourth-order valence-electron chi connectivity index (χ4n) is 1.93. The van der Waals surface area contributed by atoms with Crippen LogP contribution in [-0.4, -0.2) is 34.8 Å². The van der Waals surface area contributed by atoms with Crippen LogP contribution in [0.25, 0.3) is 0 Å². The SMILES string of the molecule is CCCn1nncc1C(O)c1ccc(S(C)(=O)=O)cc1. The summed E-state index contributed by atoms with van der Waals surface area (Å²) in [5.74, 6) is 0. The molecule has 2 rings (SSSR count). The van der Waals surface area contributed by atoms with Crippen LogP contribution in [0.2, 0.25) is 0 Å². The summed E-state index contributed by atoms with van der Waals surface area (Å²) in [6, 6.07) is 6.18. The number of hydrogen-bond acceptors (Lipinski definition) is 5. The fraction of sp³-hybridized carbons (Fsp3) is 0.385. The molecule has 0 aliphatic heterocycles. The zero-order chi connectivity index (χ0) is 14.8. The molecule has 20 heavy (non-hydrogen) atoms. The lowest BCUT2D eigenvalue weighted by atomic mass is 10.1. The number of rotatable bonds is 5. The van der Waals surface area contributed by atoms with E-state index in [1.165, 1.54) is 18.3 Å².